The Morgan fingerprint density at radius 3 is 1.37 bits per heavy atom. The van der Waals surface area contributed by atoms with Crippen LogP contribution in [-0.2, 0) is 0 Å². The molecule has 0 amide bonds. The van der Waals surface area contributed by atoms with Crippen molar-refractivity contribution in [1.29, 1.82) is 0 Å². The summed E-state index contributed by atoms with van der Waals surface area (Å²) in [6, 6.07) is 58.2. The molecular weight excluding hydrogens is 588 g/mol. The molecule has 0 aliphatic carbocycles. The first kappa shape index (κ1) is 28.0. The minimum atomic E-state index is 0.822. The summed E-state index contributed by atoms with van der Waals surface area (Å²) in [6.07, 6.45) is 0. The number of anilines is 3. The molecule has 0 aliphatic rings. The second-order valence-electron chi connectivity index (χ2n) is 10.2. The summed E-state index contributed by atoms with van der Waals surface area (Å²) in [5.41, 5.74) is 8.44. The Hall–Kier alpha value is -5.12. The third-order valence-electron chi connectivity index (χ3n) is 7.34. The first-order valence-corrected chi connectivity index (χ1v) is 15.1. The van der Waals surface area contributed by atoms with Crippen LogP contribution in [0.1, 0.15) is 0 Å². The van der Waals surface area contributed by atoms with E-state index >= 15 is 0 Å². The number of benzene rings is 8. The molecule has 0 spiro atoms. The molecule has 0 aliphatic heterocycles. The second kappa shape index (κ2) is 13.2. The van der Waals surface area contributed by atoms with Crippen molar-refractivity contribution < 1.29 is 0 Å². The summed E-state index contributed by atoms with van der Waals surface area (Å²) in [7, 11) is 0. The predicted octanol–water partition coefficient (Wildman–Crippen LogP) is 11.8. The summed E-state index contributed by atoms with van der Waals surface area (Å²) in [6.45, 7) is 0. The van der Waals surface area contributed by atoms with Crippen molar-refractivity contribution in [2.75, 3.05) is 11.1 Å². The first-order chi connectivity index (χ1) is 21.2. The van der Waals surface area contributed by atoms with E-state index in [1.54, 1.807) is 0 Å². The molecule has 3 N–H and O–H groups in total. The molecule has 0 saturated carbocycles. The van der Waals surface area contributed by atoms with Crippen LogP contribution in [0.15, 0.2) is 174 Å². The largest absolute Gasteiger partial charge is 0.399 e. The van der Waals surface area contributed by atoms with Gasteiger partial charge in [0.2, 0.25) is 0 Å². The van der Waals surface area contributed by atoms with Crippen LogP contribution in [0.3, 0.4) is 0 Å². The van der Waals surface area contributed by atoms with E-state index in [0.29, 0.717) is 0 Å². The van der Waals surface area contributed by atoms with Gasteiger partial charge in [-0.05, 0) is 74.1 Å². The monoisotopic (exact) mass is 618 g/mol. The van der Waals surface area contributed by atoms with Crippen molar-refractivity contribution in [1.82, 2.24) is 0 Å². The van der Waals surface area contributed by atoms with Crippen LogP contribution < -0.4 is 11.1 Å². The highest BCUT2D eigenvalue weighted by atomic mass is 79.9. The van der Waals surface area contributed by atoms with Gasteiger partial charge in [0.25, 0.3) is 0 Å². The van der Waals surface area contributed by atoms with Gasteiger partial charge in [0.15, 0.2) is 0 Å². The molecule has 0 atom stereocenters. The molecule has 0 unspecified atom stereocenters. The fourth-order valence-corrected chi connectivity index (χ4v) is 5.89. The SMILES string of the molecule is Brc1cc2ccccc2c2ccccc12.Nc1ccccc1.c1ccc(Nc2cc3ccccc3c3ccccc23)cc1. The smallest absolute Gasteiger partial charge is 0.0470 e. The zero-order chi connectivity index (χ0) is 29.4. The Morgan fingerprint density at radius 2 is 0.814 bits per heavy atom. The summed E-state index contributed by atoms with van der Waals surface area (Å²) in [4.78, 5) is 0. The molecule has 2 nitrogen and oxygen atoms in total. The zero-order valence-electron chi connectivity index (χ0n) is 23.6. The van der Waals surface area contributed by atoms with Crippen molar-refractivity contribution in [3.8, 4) is 0 Å². The van der Waals surface area contributed by atoms with Crippen LogP contribution in [0.5, 0.6) is 0 Å². The van der Waals surface area contributed by atoms with Gasteiger partial charge >= 0.3 is 0 Å². The van der Waals surface area contributed by atoms with E-state index in [1.807, 2.05) is 48.5 Å². The fourth-order valence-electron chi connectivity index (χ4n) is 5.30. The maximum Gasteiger partial charge on any atom is 0.0470 e. The topological polar surface area (TPSA) is 38.0 Å². The van der Waals surface area contributed by atoms with Crippen LogP contribution in [0.2, 0.25) is 0 Å². The molecular formula is C40H31BrN2. The molecule has 0 saturated heterocycles. The Balaban J connectivity index is 0.000000130. The predicted molar refractivity (Wildman–Crippen MR) is 191 cm³/mol. The Morgan fingerprint density at radius 1 is 0.395 bits per heavy atom. The van der Waals surface area contributed by atoms with Gasteiger partial charge in [0, 0.05) is 26.9 Å². The van der Waals surface area contributed by atoms with Crippen LogP contribution in [0, 0.1) is 0 Å². The van der Waals surface area contributed by atoms with Crippen LogP contribution in [0.4, 0.5) is 17.1 Å². The minimum Gasteiger partial charge on any atom is -0.399 e. The highest BCUT2D eigenvalue weighted by Gasteiger charge is 2.06. The zero-order valence-corrected chi connectivity index (χ0v) is 25.2. The Bertz CT molecular complexity index is 2120. The summed E-state index contributed by atoms with van der Waals surface area (Å²) >= 11 is 3.62. The number of hydrogen-bond donors (Lipinski definition) is 2. The van der Waals surface area contributed by atoms with Gasteiger partial charge in [-0.1, -0.05) is 149 Å². The van der Waals surface area contributed by atoms with Crippen molar-refractivity contribution >= 4 is 76.1 Å². The lowest BCUT2D eigenvalue weighted by atomic mass is 10.0. The number of fused-ring (bicyclic) bond motifs is 6. The molecule has 208 valence electrons. The molecule has 3 heteroatoms. The van der Waals surface area contributed by atoms with Crippen molar-refractivity contribution in [3.05, 3.63) is 174 Å². The van der Waals surface area contributed by atoms with E-state index in [4.69, 9.17) is 5.73 Å². The number of halogens is 1. The van der Waals surface area contributed by atoms with Crippen molar-refractivity contribution in [2.24, 2.45) is 0 Å². The summed E-state index contributed by atoms with van der Waals surface area (Å²) in [5.74, 6) is 0. The van der Waals surface area contributed by atoms with E-state index in [0.717, 1.165) is 21.5 Å². The van der Waals surface area contributed by atoms with Crippen LogP contribution in [-0.4, -0.2) is 0 Å². The lowest BCUT2D eigenvalue weighted by molar-refractivity contribution is 1.59. The standard InChI is InChI=1S/C20H15N.C14H9Br.C6H7N/c1-2-9-16(10-3-1)21-20-14-15-8-4-5-11-17(15)18-12-6-7-13-19(18)20;15-14-9-10-5-1-2-6-11(10)12-7-3-4-8-13(12)14;7-6-4-2-1-3-5-6/h1-14,21H;1-9H;1-5H,7H2. The third kappa shape index (κ3) is 6.53. The summed E-state index contributed by atoms with van der Waals surface area (Å²) < 4.78 is 1.16. The maximum absolute atomic E-state index is 5.36. The highest BCUT2D eigenvalue weighted by molar-refractivity contribution is 9.10. The van der Waals surface area contributed by atoms with Gasteiger partial charge in [0.05, 0.1) is 0 Å². The van der Waals surface area contributed by atoms with Gasteiger partial charge in [-0.25, -0.2) is 0 Å². The first-order valence-electron chi connectivity index (χ1n) is 14.3. The van der Waals surface area contributed by atoms with E-state index in [9.17, 15) is 0 Å². The second-order valence-corrected chi connectivity index (χ2v) is 11.1. The number of rotatable bonds is 2. The van der Waals surface area contributed by atoms with Crippen LogP contribution in [0.25, 0.3) is 43.1 Å². The Labute approximate surface area is 260 Å². The third-order valence-corrected chi connectivity index (χ3v) is 7.99. The molecule has 0 radical (unpaired) electrons. The van der Waals surface area contributed by atoms with Gasteiger partial charge in [0.1, 0.15) is 0 Å². The normalized spacial score (nSPS) is 10.5. The lowest BCUT2D eigenvalue weighted by Crippen LogP contribution is -1.92. The highest BCUT2D eigenvalue weighted by Crippen LogP contribution is 2.34. The molecule has 0 bridgehead atoms. The van der Waals surface area contributed by atoms with E-state index in [1.165, 1.54) is 43.1 Å². The number of nitrogens with one attached hydrogen (secondary N) is 1. The molecule has 43 heavy (non-hydrogen) atoms. The van der Waals surface area contributed by atoms with Gasteiger partial charge in [-0.15, -0.1) is 0 Å². The summed E-state index contributed by atoms with van der Waals surface area (Å²) in [5, 5.41) is 13.8. The quantitative estimate of drug-likeness (QED) is 0.149. The number of para-hydroxylation sites is 2. The maximum atomic E-state index is 5.36. The van der Waals surface area contributed by atoms with Gasteiger partial charge in [-0.3, -0.25) is 0 Å². The van der Waals surface area contributed by atoms with E-state index < -0.39 is 0 Å². The van der Waals surface area contributed by atoms with Crippen molar-refractivity contribution in [2.45, 2.75) is 0 Å². The molecule has 8 rings (SSSR count). The Kier molecular flexibility index (Phi) is 8.63. The molecule has 0 aromatic heterocycles. The minimum absolute atomic E-state index is 0.822. The number of hydrogen-bond acceptors (Lipinski definition) is 2. The van der Waals surface area contributed by atoms with Gasteiger partial charge in [-0.2, -0.15) is 0 Å². The molecule has 0 heterocycles. The molecule has 8 aromatic carbocycles. The fraction of sp³-hybridized carbons (Fsp3) is 0. The average Bonchev–Trinajstić information content (AvgIpc) is 3.07. The van der Waals surface area contributed by atoms with E-state index in [2.05, 4.69) is 143 Å². The van der Waals surface area contributed by atoms with E-state index in [-0.39, 0.29) is 0 Å². The van der Waals surface area contributed by atoms with Gasteiger partial charge < -0.3 is 11.1 Å². The van der Waals surface area contributed by atoms with Crippen LogP contribution >= 0.6 is 15.9 Å². The number of nitrogen functional groups attached to an aromatic ring is 1. The number of nitrogens with two attached hydrogens (primary N) is 1. The lowest BCUT2D eigenvalue weighted by Gasteiger charge is -2.12. The molecule has 8 aromatic rings. The molecule has 0 fully saturated rings. The van der Waals surface area contributed by atoms with Crippen molar-refractivity contribution in [3.63, 3.8) is 0 Å². The average molecular weight is 620 g/mol.